The van der Waals surface area contributed by atoms with E-state index in [1.807, 2.05) is 32.0 Å². The molecule has 0 fully saturated rings. The number of anilines is 2. The predicted octanol–water partition coefficient (Wildman–Crippen LogP) is 4.14. The summed E-state index contributed by atoms with van der Waals surface area (Å²) in [5, 5.41) is 5.50. The van der Waals surface area contributed by atoms with E-state index in [9.17, 15) is 9.59 Å². The zero-order valence-corrected chi connectivity index (χ0v) is 15.3. The lowest BCUT2D eigenvalue weighted by molar-refractivity contribution is -0.118. The molecule has 0 aliphatic rings. The van der Waals surface area contributed by atoms with Gasteiger partial charge in [-0.1, -0.05) is 31.2 Å². The van der Waals surface area contributed by atoms with Crippen molar-refractivity contribution in [2.75, 3.05) is 23.8 Å². The van der Waals surface area contributed by atoms with Crippen LogP contribution in [0.3, 0.4) is 0 Å². The van der Waals surface area contributed by atoms with Crippen LogP contribution in [0.2, 0.25) is 0 Å². The number of hydrogen-bond donors (Lipinski definition) is 2. The molecule has 0 bridgehead atoms. The summed E-state index contributed by atoms with van der Waals surface area (Å²) in [4.78, 5) is 23.7. The number of benzene rings is 2. The molecule has 2 amide bonds. The van der Waals surface area contributed by atoms with Crippen LogP contribution in [0.25, 0.3) is 0 Å². The standard InChI is InChI=1S/C20H24N2O4/c1-4-15-9-6-8-14(3)19(15)22-18(23)13-26-17-11-7-10-16(12-17)21-20(24)25-5-2/h6-12H,4-5,13H2,1-3H3,(H,21,24)(H,22,23). The molecule has 0 aliphatic heterocycles. The van der Waals surface area contributed by atoms with E-state index in [0.717, 1.165) is 23.2 Å². The van der Waals surface area contributed by atoms with Crippen LogP contribution in [0.15, 0.2) is 42.5 Å². The Hall–Kier alpha value is -3.02. The zero-order chi connectivity index (χ0) is 18.9. The number of aryl methyl sites for hydroxylation is 2. The maximum Gasteiger partial charge on any atom is 0.411 e. The van der Waals surface area contributed by atoms with E-state index >= 15 is 0 Å². The predicted molar refractivity (Wildman–Crippen MR) is 102 cm³/mol. The highest BCUT2D eigenvalue weighted by atomic mass is 16.5. The lowest BCUT2D eigenvalue weighted by atomic mass is 10.1. The van der Waals surface area contributed by atoms with Crippen LogP contribution in [0.4, 0.5) is 16.2 Å². The van der Waals surface area contributed by atoms with Gasteiger partial charge < -0.3 is 14.8 Å². The van der Waals surface area contributed by atoms with Crippen molar-refractivity contribution in [1.29, 1.82) is 0 Å². The Morgan fingerprint density at radius 1 is 1.04 bits per heavy atom. The average molecular weight is 356 g/mol. The summed E-state index contributed by atoms with van der Waals surface area (Å²) in [6.45, 7) is 5.90. The first kappa shape index (κ1) is 19.3. The molecule has 0 saturated carbocycles. The van der Waals surface area contributed by atoms with Crippen LogP contribution in [-0.4, -0.2) is 25.2 Å². The Morgan fingerprint density at radius 2 is 1.81 bits per heavy atom. The largest absolute Gasteiger partial charge is 0.484 e. The van der Waals surface area contributed by atoms with Crippen molar-refractivity contribution in [1.82, 2.24) is 0 Å². The minimum atomic E-state index is -0.533. The molecule has 0 aromatic heterocycles. The molecule has 0 unspecified atom stereocenters. The van der Waals surface area contributed by atoms with Crippen LogP contribution in [-0.2, 0) is 16.0 Å². The molecule has 0 atom stereocenters. The first-order chi connectivity index (χ1) is 12.5. The molecular weight excluding hydrogens is 332 g/mol. The van der Waals surface area contributed by atoms with Crippen molar-refractivity contribution in [2.24, 2.45) is 0 Å². The van der Waals surface area contributed by atoms with Crippen LogP contribution >= 0.6 is 0 Å². The lowest BCUT2D eigenvalue weighted by Gasteiger charge is -2.13. The fourth-order valence-electron chi connectivity index (χ4n) is 2.48. The molecule has 6 heteroatoms. The molecule has 26 heavy (non-hydrogen) atoms. The van der Waals surface area contributed by atoms with Crippen LogP contribution in [0.1, 0.15) is 25.0 Å². The maximum absolute atomic E-state index is 12.2. The number of rotatable bonds is 7. The van der Waals surface area contributed by atoms with E-state index in [2.05, 4.69) is 10.6 Å². The SMILES string of the molecule is CCOC(=O)Nc1cccc(OCC(=O)Nc2c(C)cccc2CC)c1. The number of amides is 2. The molecule has 0 heterocycles. The van der Waals surface area contributed by atoms with Gasteiger partial charge in [-0.3, -0.25) is 10.1 Å². The first-order valence-corrected chi connectivity index (χ1v) is 8.58. The summed E-state index contributed by atoms with van der Waals surface area (Å²) in [6.07, 6.45) is 0.300. The van der Waals surface area contributed by atoms with E-state index in [1.165, 1.54) is 0 Å². The van der Waals surface area contributed by atoms with Crippen LogP contribution in [0, 0.1) is 6.92 Å². The average Bonchev–Trinajstić information content (AvgIpc) is 2.62. The van der Waals surface area contributed by atoms with Gasteiger partial charge in [0.2, 0.25) is 0 Å². The second-order valence-electron chi connectivity index (χ2n) is 5.67. The molecule has 2 aromatic carbocycles. The summed E-state index contributed by atoms with van der Waals surface area (Å²) in [5.74, 6) is 0.243. The molecular formula is C20H24N2O4. The minimum Gasteiger partial charge on any atom is -0.484 e. The Labute approximate surface area is 153 Å². The quantitative estimate of drug-likeness (QED) is 0.781. The van der Waals surface area contributed by atoms with Gasteiger partial charge in [0.05, 0.1) is 6.61 Å². The maximum atomic E-state index is 12.2. The molecule has 0 radical (unpaired) electrons. The molecule has 138 valence electrons. The van der Waals surface area contributed by atoms with Crippen molar-refractivity contribution >= 4 is 23.4 Å². The Morgan fingerprint density at radius 3 is 2.54 bits per heavy atom. The van der Waals surface area contributed by atoms with Gasteiger partial charge in [-0.15, -0.1) is 0 Å². The Balaban J connectivity index is 1.95. The second kappa shape index (κ2) is 9.46. The van der Waals surface area contributed by atoms with Crippen molar-refractivity contribution in [3.8, 4) is 5.75 Å². The van der Waals surface area contributed by atoms with E-state index in [1.54, 1.807) is 31.2 Å². The Kier molecular flexibility index (Phi) is 7.02. The van der Waals surface area contributed by atoms with Crippen molar-refractivity contribution in [3.05, 3.63) is 53.6 Å². The highest BCUT2D eigenvalue weighted by Gasteiger charge is 2.10. The number of ether oxygens (including phenoxy) is 2. The summed E-state index contributed by atoms with van der Waals surface area (Å²) < 4.78 is 10.4. The van der Waals surface area contributed by atoms with Gasteiger partial charge >= 0.3 is 6.09 Å². The molecule has 2 aromatic rings. The summed E-state index contributed by atoms with van der Waals surface area (Å²) in [5.41, 5.74) is 3.46. The monoisotopic (exact) mass is 356 g/mol. The third-order valence-corrected chi connectivity index (χ3v) is 3.73. The van der Waals surface area contributed by atoms with Gasteiger partial charge in [-0.25, -0.2) is 4.79 Å². The van der Waals surface area contributed by atoms with Gasteiger partial charge in [-0.2, -0.15) is 0 Å². The van der Waals surface area contributed by atoms with E-state index in [4.69, 9.17) is 9.47 Å². The molecule has 2 N–H and O–H groups in total. The van der Waals surface area contributed by atoms with Gasteiger partial charge in [0, 0.05) is 17.4 Å². The third kappa shape index (κ3) is 5.51. The highest BCUT2D eigenvalue weighted by molar-refractivity contribution is 5.93. The normalized spacial score (nSPS) is 10.1. The van der Waals surface area contributed by atoms with Gasteiger partial charge in [0.15, 0.2) is 6.61 Å². The van der Waals surface area contributed by atoms with Crippen molar-refractivity contribution in [3.63, 3.8) is 0 Å². The lowest BCUT2D eigenvalue weighted by Crippen LogP contribution is -2.21. The molecule has 2 rings (SSSR count). The fourth-order valence-corrected chi connectivity index (χ4v) is 2.48. The highest BCUT2D eigenvalue weighted by Crippen LogP contribution is 2.21. The van der Waals surface area contributed by atoms with Gasteiger partial charge in [-0.05, 0) is 43.5 Å². The first-order valence-electron chi connectivity index (χ1n) is 8.58. The molecule has 0 spiro atoms. The van der Waals surface area contributed by atoms with E-state index in [-0.39, 0.29) is 12.5 Å². The molecule has 6 nitrogen and oxygen atoms in total. The number of carbonyl (C=O) groups is 2. The summed E-state index contributed by atoms with van der Waals surface area (Å²) in [6, 6.07) is 12.7. The molecule has 0 aliphatic carbocycles. The summed E-state index contributed by atoms with van der Waals surface area (Å²) >= 11 is 0. The van der Waals surface area contributed by atoms with Crippen LogP contribution < -0.4 is 15.4 Å². The number of para-hydroxylation sites is 1. The zero-order valence-electron chi connectivity index (χ0n) is 15.3. The Bertz CT molecular complexity index is 774. The smallest absolute Gasteiger partial charge is 0.411 e. The third-order valence-electron chi connectivity index (χ3n) is 3.73. The van der Waals surface area contributed by atoms with Gasteiger partial charge in [0.25, 0.3) is 5.91 Å². The number of carbonyl (C=O) groups excluding carboxylic acids is 2. The van der Waals surface area contributed by atoms with Crippen molar-refractivity contribution in [2.45, 2.75) is 27.2 Å². The topological polar surface area (TPSA) is 76.7 Å². The molecule has 0 saturated heterocycles. The van der Waals surface area contributed by atoms with Crippen LogP contribution in [0.5, 0.6) is 5.75 Å². The number of hydrogen-bond acceptors (Lipinski definition) is 4. The van der Waals surface area contributed by atoms with E-state index < -0.39 is 6.09 Å². The van der Waals surface area contributed by atoms with Gasteiger partial charge in [0.1, 0.15) is 5.75 Å². The van der Waals surface area contributed by atoms with Crippen molar-refractivity contribution < 1.29 is 19.1 Å². The second-order valence-corrected chi connectivity index (χ2v) is 5.67. The minimum absolute atomic E-state index is 0.125. The fraction of sp³-hybridized carbons (Fsp3) is 0.300. The van der Waals surface area contributed by atoms with E-state index in [0.29, 0.717) is 18.0 Å². The summed E-state index contributed by atoms with van der Waals surface area (Å²) in [7, 11) is 0. The number of nitrogens with one attached hydrogen (secondary N) is 2.